The van der Waals surface area contributed by atoms with E-state index in [0.29, 0.717) is 0 Å². The monoisotopic (exact) mass is 266 g/mol. The summed E-state index contributed by atoms with van der Waals surface area (Å²) in [5, 5.41) is -0.324. The first kappa shape index (κ1) is 10.8. The summed E-state index contributed by atoms with van der Waals surface area (Å²) in [6.45, 7) is 0. The molecule has 0 atom stereocenters. The molecular weight excluding hydrogens is 262 g/mol. The van der Waals surface area contributed by atoms with Gasteiger partial charge in [0.15, 0.2) is 5.03 Å². The van der Waals surface area contributed by atoms with Gasteiger partial charge in [0, 0.05) is 28.6 Å². The Kier molecular flexibility index (Phi) is 3.91. The summed E-state index contributed by atoms with van der Waals surface area (Å²) >= 11 is 0. The van der Waals surface area contributed by atoms with Gasteiger partial charge in [-0.3, -0.25) is 4.55 Å². The van der Waals surface area contributed by atoms with Crippen LogP contribution in [0.3, 0.4) is 0 Å². The normalized spacial score (nSPS) is 10.3. The summed E-state index contributed by atoms with van der Waals surface area (Å²) in [7, 11) is -4.11. The molecule has 0 spiro atoms. The summed E-state index contributed by atoms with van der Waals surface area (Å²) in [5.74, 6) is 0. The molecule has 1 rings (SSSR count). The first-order valence-electron chi connectivity index (χ1n) is 2.49. The standard InChI is InChI=1S/C5H5NO3S.Ag/c7-10(8,9)5-3-1-2-4-6-5;/h1-4H,(H,7,8,9);. The molecule has 6 heteroatoms. The second kappa shape index (κ2) is 3.99. The predicted octanol–water partition coefficient (Wildman–Crippen LogP) is 0.326. The van der Waals surface area contributed by atoms with Crippen LogP contribution in [0.25, 0.3) is 0 Å². The molecule has 0 aliphatic carbocycles. The van der Waals surface area contributed by atoms with E-state index in [1.54, 1.807) is 6.07 Å². The quantitative estimate of drug-likeness (QED) is 0.588. The van der Waals surface area contributed by atoms with Crippen LogP contribution in [0.1, 0.15) is 0 Å². The minimum atomic E-state index is -4.11. The van der Waals surface area contributed by atoms with Crippen molar-refractivity contribution in [1.82, 2.24) is 4.98 Å². The molecule has 65 valence electrons. The Labute approximate surface area is 79.9 Å². The summed E-state index contributed by atoms with van der Waals surface area (Å²) in [6.07, 6.45) is 1.29. The van der Waals surface area contributed by atoms with E-state index in [1.165, 1.54) is 18.3 Å². The van der Waals surface area contributed by atoms with E-state index in [-0.39, 0.29) is 27.4 Å². The van der Waals surface area contributed by atoms with Crippen LogP contribution < -0.4 is 0 Å². The summed E-state index contributed by atoms with van der Waals surface area (Å²) in [5.41, 5.74) is 0. The number of nitrogens with zero attached hydrogens (tertiary/aromatic N) is 1. The molecule has 0 amide bonds. The molecule has 0 bridgehead atoms. The number of rotatable bonds is 1. The summed E-state index contributed by atoms with van der Waals surface area (Å²) in [4.78, 5) is 3.41. The van der Waals surface area contributed by atoms with Crippen LogP contribution in [0, 0.1) is 0 Å². The second-order valence-electron chi connectivity index (χ2n) is 1.64. The van der Waals surface area contributed by atoms with Crippen molar-refractivity contribution in [2.75, 3.05) is 0 Å². The van der Waals surface area contributed by atoms with Gasteiger partial charge in [-0.15, -0.1) is 0 Å². The molecule has 1 radical (unpaired) electrons. The topological polar surface area (TPSA) is 67.3 Å². The third-order valence-corrected chi connectivity index (χ3v) is 1.67. The number of hydrogen-bond donors (Lipinski definition) is 1. The van der Waals surface area contributed by atoms with Crippen LogP contribution in [-0.2, 0) is 32.5 Å². The second-order valence-corrected chi connectivity index (χ2v) is 3.01. The van der Waals surface area contributed by atoms with Crippen LogP contribution in [-0.4, -0.2) is 18.0 Å². The van der Waals surface area contributed by atoms with E-state index in [0.717, 1.165) is 0 Å². The van der Waals surface area contributed by atoms with Gasteiger partial charge in [-0.05, 0) is 12.1 Å². The Morgan fingerprint density at radius 1 is 1.36 bits per heavy atom. The molecule has 4 nitrogen and oxygen atoms in total. The van der Waals surface area contributed by atoms with Crippen molar-refractivity contribution in [2.24, 2.45) is 0 Å². The van der Waals surface area contributed by atoms with Crippen molar-refractivity contribution in [3.8, 4) is 0 Å². The van der Waals surface area contributed by atoms with Crippen LogP contribution in [0.15, 0.2) is 29.4 Å². The molecule has 0 aromatic carbocycles. The summed E-state index contributed by atoms with van der Waals surface area (Å²) < 4.78 is 29.1. The molecule has 0 unspecified atom stereocenters. The van der Waals surface area contributed by atoms with Crippen LogP contribution in [0.2, 0.25) is 0 Å². The van der Waals surface area contributed by atoms with E-state index in [4.69, 9.17) is 4.55 Å². The molecule has 1 aromatic heterocycles. The molecule has 0 fully saturated rings. The van der Waals surface area contributed by atoms with E-state index in [1.807, 2.05) is 0 Å². The van der Waals surface area contributed by atoms with Crippen molar-refractivity contribution < 1.29 is 35.4 Å². The Balaban J connectivity index is 0.000001000. The largest absolute Gasteiger partial charge is 0.312 e. The Morgan fingerprint density at radius 2 is 2.00 bits per heavy atom. The third kappa shape index (κ3) is 3.13. The number of hydrogen-bond acceptors (Lipinski definition) is 3. The average Bonchev–Trinajstić information content (AvgIpc) is 1.88. The molecule has 11 heavy (non-hydrogen) atoms. The molecule has 0 saturated carbocycles. The van der Waals surface area contributed by atoms with E-state index in [9.17, 15) is 8.42 Å². The minimum Gasteiger partial charge on any atom is -0.281 e. The zero-order valence-corrected chi connectivity index (χ0v) is 7.53. The maximum atomic E-state index is 10.3. The first-order valence-corrected chi connectivity index (χ1v) is 3.93. The van der Waals surface area contributed by atoms with Gasteiger partial charge < -0.3 is 0 Å². The van der Waals surface area contributed by atoms with E-state index in [2.05, 4.69) is 4.98 Å². The van der Waals surface area contributed by atoms with E-state index < -0.39 is 10.1 Å². The fourth-order valence-corrected chi connectivity index (χ4v) is 0.944. The van der Waals surface area contributed by atoms with Gasteiger partial charge >= 0.3 is 10.1 Å². The van der Waals surface area contributed by atoms with Crippen LogP contribution in [0.4, 0.5) is 0 Å². The first-order chi connectivity index (χ1) is 4.61. The van der Waals surface area contributed by atoms with Crippen molar-refractivity contribution in [3.05, 3.63) is 24.4 Å². The third-order valence-electron chi connectivity index (χ3n) is 0.902. The van der Waals surface area contributed by atoms with Gasteiger partial charge in [-0.1, -0.05) is 6.07 Å². The Bertz CT molecular complexity index is 310. The van der Waals surface area contributed by atoms with Crippen molar-refractivity contribution in [1.29, 1.82) is 0 Å². The van der Waals surface area contributed by atoms with Gasteiger partial charge in [-0.25, -0.2) is 4.98 Å². The Hall–Kier alpha value is -0.200. The molecule has 1 aromatic rings. The SMILES string of the molecule is O=S(=O)(O)c1ccccn1.[Ag]. The minimum absolute atomic E-state index is 0. The molecule has 1 N–H and O–H groups in total. The molecular formula is C5H5AgNO3S. The van der Waals surface area contributed by atoms with Gasteiger partial charge in [-0.2, -0.15) is 8.42 Å². The zero-order valence-electron chi connectivity index (χ0n) is 5.23. The maximum Gasteiger partial charge on any atom is 0.312 e. The van der Waals surface area contributed by atoms with Crippen molar-refractivity contribution >= 4 is 10.1 Å². The molecule has 0 saturated heterocycles. The van der Waals surface area contributed by atoms with Crippen molar-refractivity contribution in [2.45, 2.75) is 5.03 Å². The Morgan fingerprint density at radius 3 is 2.27 bits per heavy atom. The fourth-order valence-electron chi connectivity index (χ4n) is 0.500. The summed E-state index contributed by atoms with van der Waals surface area (Å²) in [6, 6.07) is 4.26. The molecule has 0 aliphatic rings. The molecule has 0 aliphatic heterocycles. The van der Waals surface area contributed by atoms with Crippen molar-refractivity contribution in [3.63, 3.8) is 0 Å². The van der Waals surface area contributed by atoms with E-state index >= 15 is 0 Å². The molecule has 1 heterocycles. The smallest absolute Gasteiger partial charge is 0.281 e. The number of aromatic nitrogens is 1. The van der Waals surface area contributed by atoms with Crippen LogP contribution in [0.5, 0.6) is 0 Å². The fraction of sp³-hybridized carbons (Fsp3) is 0. The predicted molar refractivity (Wildman–Crippen MR) is 34.1 cm³/mol. The van der Waals surface area contributed by atoms with Gasteiger partial charge in [0.05, 0.1) is 0 Å². The van der Waals surface area contributed by atoms with Gasteiger partial charge in [0.25, 0.3) is 0 Å². The van der Waals surface area contributed by atoms with Gasteiger partial charge in [0.2, 0.25) is 0 Å². The zero-order chi connectivity index (χ0) is 7.61. The van der Waals surface area contributed by atoms with Gasteiger partial charge in [0.1, 0.15) is 0 Å². The maximum absolute atomic E-state index is 10.3. The number of pyridine rings is 1. The van der Waals surface area contributed by atoms with Crippen LogP contribution >= 0.6 is 0 Å². The average molecular weight is 267 g/mol.